The van der Waals surface area contributed by atoms with Crippen molar-refractivity contribution in [1.82, 2.24) is 10.2 Å². The molecule has 4 N–H and O–H groups in total. The Bertz CT molecular complexity index is 893. The van der Waals surface area contributed by atoms with Crippen molar-refractivity contribution < 1.29 is 37.8 Å². The van der Waals surface area contributed by atoms with Gasteiger partial charge in [0.2, 0.25) is 5.91 Å². The summed E-state index contributed by atoms with van der Waals surface area (Å²) in [7, 11) is 3.84. The number of benzene rings is 2. The van der Waals surface area contributed by atoms with E-state index in [-0.39, 0.29) is 5.69 Å². The molecule has 0 spiro atoms. The van der Waals surface area contributed by atoms with Crippen molar-refractivity contribution >= 4 is 23.5 Å². The van der Waals surface area contributed by atoms with Gasteiger partial charge in [-0.1, -0.05) is 36.4 Å². The van der Waals surface area contributed by atoms with E-state index in [9.17, 15) is 18.0 Å². The van der Waals surface area contributed by atoms with E-state index < -0.39 is 35.6 Å². The fraction of sp³-hybridized carbons (Fsp3) is 0.286. The van der Waals surface area contributed by atoms with E-state index in [1.165, 1.54) is 12.1 Å². The third kappa shape index (κ3) is 9.58. The summed E-state index contributed by atoms with van der Waals surface area (Å²) in [6.45, 7) is 1.28. The zero-order valence-corrected chi connectivity index (χ0v) is 17.4. The lowest BCUT2D eigenvalue weighted by Gasteiger charge is -2.20. The molecule has 0 aliphatic heterocycles. The molecule has 1 atom stereocenters. The number of carbonyl (C=O) groups excluding carboxylic acids is 1. The molecule has 1 unspecified atom stereocenters. The van der Waals surface area contributed by atoms with Gasteiger partial charge in [0.25, 0.3) is 0 Å². The number of carboxylic acid groups (broad SMARTS) is 2. The summed E-state index contributed by atoms with van der Waals surface area (Å²) in [6, 6.07) is 13.0. The van der Waals surface area contributed by atoms with Crippen molar-refractivity contribution in [3.63, 3.8) is 0 Å². The largest absolute Gasteiger partial charge is 0.473 e. The first kappa shape index (κ1) is 26.6. The predicted molar refractivity (Wildman–Crippen MR) is 111 cm³/mol. The van der Waals surface area contributed by atoms with E-state index >= 15 is 0 Å². The van der Waals surface area contributed by atoms with Crippen molar-refractivity contribution in [3.8, 4) is 0 Å². The minimum atomic E-state index is -4.45. The van der Waals surface area contributed by atoms with Gasteiger partial charge in [-0.15, -0.1) is 0 Å². The quantitative estimate of drug-likeness (QED) is 0.474. The number of likely N-dealkylation sites (N-methyl/N-ethyl adjacent to an activating group) is 1. The number of aliphatic carboxylic acids is 2. The molecule has 2 aromatic carbocycles. The van der Waals surface area contributed by atoms with Crippen LogP contribution in [0.1, 0.15) is 17.2 Å². The van der Waals surface area contributed by atoms with E-state index in [0.717, 1.165) is 24.2 Å². The lowest BCUT2D eigenvalue weighted by molar-refractivity contribution is -0.159. The number of hydrogen-bond donors (Lipinski definition) is 4. The number of nitrogens with zero attached hydrogens (tertiary/aromatic N) is 1. The van der Waals surface area contributed by atoms with E-state index in [2.05, 4.69) is 10.6 Å². The highest BCUT2D eigenvalue weighted by Crippen LogP contribution is 2.30. The Labute approximate surface area is 182 Å². The van der Waals surface area contributed by atoms with Gasteiger partial charge >= 0.3 is 18.1 Å². The SMILES string of the molecule is CN(C)CCNC(C(=O)Nc1cccc(C(F)(F)F)c1)c1ccccc1.O=C(O)C(=O)O. The Morgan fingerprint density at radius 1 is 0.969 bits per heavy atom. The Morgan fingerprint density at radius 3 is 2.06 bits per heavy atom. The molecule has 2 aromatic rings. The molecule has 0 aliphatic rings. The molecule has 32 heavy (non-hydrogen) atoms. The standard InChI is InChI=1S/C19H22F3N3O.C2H2O4/c1-25(2)12-11-23-17(14-7-4-3-5-8-14)18(26)24-16-10-6-9-15(13-16)19(20,21)22;3-1(4)2(5)6/h3-10,13,17,23H,11-12H2,1-2H3,(H,24,26);(H,3,4)(H,5,6). The second-order valence-electron chi connectivity index (χ2n) is 6.78. The number of anilines is 1. The van der Waals surface area contributed by atoms with E-state index in [1.807, 2.05) is 37.2 Å². The van der Waals surface area contributed by atoms with Crippen LogP contribution in [0, 0.1) is 0 Å². The fourth-order valence-electron chi connectivity index (χ4n) is 2.43. The Morgan fingerprint density at radius 2 is 1.56 bits per heavy atom. The lowest BCUT2D eigenvalue weighted by atomic mass is 10.1. The molecular formula is C21H24F3N3O5. The molecule has 0 saturated heterocycles. The Kier molecular flexibility index (Phi) is 10.3. The van der Waals surface area contributed by atoms with Crippen LogP contribution in [0.5, 0.6) is 0 Å². The van der Waals surface area contributed by atoms with Gasteiger partial charge in [-0.3, -0.25) is 4.79 Å². The van der Waals surface area contributed by atoms with E-state index in [0.29, 0.717) is 6.54 Å². The number of carbonyl (C=O) groups is 3. The first-order valence-electron chi connectivity index (χ1n) is 9.29. The summed E-state index contributed by atoms with van der Waals surface area (Å²) < 4.78 is 38.5. The summed E-state index contributed by atoms with van der Waals surface area (Å²) in [6.07, 6.45) is -4.45. The average molecular weight is 455 g/mol. The van der Waals surface area contributed by atoms with Gasteiger partial charge in [-0.05, 0) is 37.9 Å². The highest BCUT2D eigenvalue weighted by atomic mass is 19.4. The van der Waals surface area contributed by atoms with Crippen molar-refractivity contribution in [3.05, 3.63) is 65.7 Å². The average Bonchev–Trinajstić information content (AvgIpc) is 2.71. The maximum Gasteiger partial charge on any atom is 0.416 e. The monoisotopic (exact) mass is 455 g/mol. The summed E-state index contributed by atoms with van der Waals surface area (Å²) in [5.74, 6) is -4.06. The minimum absolute atomic E-state index is 0.111. The highest BCUT2D eigenvalue weighted by Gasteiger charge is 2.30. The summed E-state index contributed by atoms with van der Waals surface area (Å²) in [4.78, 5) is 32.9. The Balaban J connectivity index is 0.000000751. The van der Waals surface area contributed by atoms with Gasteiger partial charge < -0.3 is 25.7 Å². The molecule has 0 bridgehead atoms. The van der Waals surface area contributed by atoms with Gasteiger partial charge in [0.1, 0.15) is 6.04 Å². The molecule has 0 radical (unpaired) electrons. The van der Waals surface area contributed by atoms with E-state index in [4.69, 9.17) is 19.8 Å². The smallest absolute Gasteiger partial charge is 0.416 e. The maximum atomic E-state index is 12.8. The summed E-state index contributed by atoms with van der Waals surface area (Å²) in [5, 5.41) is 20.5. The molecule has 2 rings (SSSR count). The number of hydrogen-bond acceptors (Lipinski definition) is 5. The molecule has 8 nitrogen and oxygen atoms in total. The highest BCUT2D eigenvalue weighted by molar-refractivity contribution is 6.27. The number of amides is 1. The zero-order chi connectivity index (χ0) is 24.3. The second-order valence-corrected chi connectivity index (χ2v) is 6.78. The van der Waals surface area contributed by atoms with Crippen LogP contribution in [-0.4, -0.2) is 60.1 Å². The third-order valence-corrected chi connectivity index (χ3v) is 3.94. The van der Waals surface area contributed by atoms with Crippen LogP contribution in [0.2, 0.25) is 0 Å². The van der Waals surface area contributed by atoms with Crippen molar-refractivity contribution in [1.29, 1.82) is 0 Å². The number of carboxylic acids is 2. The molecule has 0 aromatic heterocycles. The van der Waals surface area contributed by atoms with Crippen LogP contribution >= 0.6 is 0 Å². The van der Waals surface area contributed by atoms with Crippen LogP contribution in [-0.2, 0) is 20.6 Å². The molecule has 174 valence electrons. The molecule has 1 amide bonds. The first-order chi connectivity index (χ1) is 14.9. The molecule has 0 saturated carbocycles. The van der Waals surface area contributed by atoms with Gasteiger partial charge in [0.15, 0.2) is 0 Å². The number of nitrogens with one attached hydrogen (secondary N) is 2. The van der Waals surface area contributed by atoms with Crippen LogP contribution in [0.25, 0.3) is 0 Å². The van der Waals surface area contributed by atoms with Crippen molar-refractivity contribution in [2.45, 2.75) is 12.2 Å². The predicted octanol–water partition coefficient (Wildman–Crippen LogP) is 2.69. The molecule has 0 aliphatic carbocycles. The van der Waals surface area contributed by atoms with E-state index in [1.54, 1.807) is 12.1 Å². The maximum absolute atomic E-state index is 12.8. The number of rotatable bonds is 7. The number of alkyl halides is 3. The Hall–Kier alpha value is -3.44. The van der Waals surface area contributed by atoms with Gasteiger partial charge in [-0.25, -0.2) is 9.59 Å². The van der Waals surface area contributed by atoms with Gasteiger partial charge in [0.05, 0.1) is 5.56 Å². The normalized spacial score (nSPS) is 11.8. The molecular weight excluding hydrogens is 431 g/mol. The fourth-order valence-corrected chi connectivity index (χ4v) is 2.43. The van der Waals surface area contributed by atoms with Crippen LogP contribution in [0.4, 0.5) is 18.9 Å². The second kappa shape index (κ2) is 12.4. The van der Waals surface area contributed by atoms with Crippen LogP contribution in [0.15, 0.2) is 54.6 Å². The molecule has 11 heteroatoms. The first-order valence-corrected chi connectivity index (χ1v) is 9.29. The lowest BCUT2D eigenvalue weighted by Crippen LogP contribution is -2.36. The van der Waals surface area contributed by atoms with Crippen LogP contribution in [0.3, 0.4) is 0 Å². The number of halogens is 3. The van der Waals surface area contributed by atoms with Crippen molar-refractivity contribution in [2.24, 2.45) is 0 Å². The van der Waals surface area contributed by atoms with Gasteiger partial charge in [-0.2, -0.15) is 13.2 Å². The van der Waals surface area contributed by atoms with Crippen LogP contribution < -0.4 is 10.6 Å². The van der Waals surface area contributed by atoms with Crippen molar-refractivity contribution in [2.75, 3.05) is 32.5 Å². The van der Waals surface area contributed by atoms with Gasteiger partial charge in [0, 0.05) is 18.8 Å². The zero-order valence-electron chi connectivity index (χ0n) is 17.4. The summed E-state index contributed by atoms with van der Waals surface area (Å²) >= 11 is 0. The minimum Gasteiger partial charge on any atom is -0.473 e. The molecule has 0 fully saturated rings. The third-order valence-electron chi connectivity index (χ3n) is 3.94. The summed E-state index contributed by atoms with van der Waals surface area (Å²) in [5.41, 5.74) is 0.0584. The molecule has 0 heterocycles. The topological polar surface area (TPSA) is 119 Å².